The van der Waals surface area contributed by atoms with Gasteiger partial charge in [-0.15, -0.1) is 0 Å². The van der Waals surface area contributed by atoms with Crippen molar-refractivity contribution in [2.75, 3.05) is 6.26 Å². The molecule has 5 nitrogen and oxygen atoms in total. The fourth-order valence-electron chi connectivity index (χ4n) is 2.43. The maximum absolute atomic E-state index is 11.0. The lowest BCUT2D eigenvalue weighted by Gasteiger charge is -2.08. The van der Waals surface area contributed by atoms with E-state index in [4.69, 9.17) is 4.18 Å². The van der Waals surface area contributed by atoms with Gasteiger partial charge in [0.05, 0.1) is 18.4 Å². The van der Waals surface area contributed by atoms with Gasteiger partial charge in [0.15, 0.2) is 0 Å². The Kier molecular flexibility index (Phi) is 3.90. The average Bonchev–Trinajstić information content (AvgIpc) is 2.91. The van der Waals surface area contributed by atoms with Crippen molar-refractivity contribution in [3.05, 3.63) is 65.9 Å². The summed E-state index contributed by atoms with van der Waals surface area (Å²) in [6, 6.07) is 19.1. The molecule has 0 fully saturated rings. The predicted octanol–water partition coefficient (Wildman–Crippen LogP) is 2.98. The van der Waals surface area contributed by atoms with Crippen molar-refractivity contribution in [3.63, 3.8) is 0 Å². The summed E-state index contributed by atoms with van der Waals surface area (Å²) in [7, 11) is -3.46. The van der Waals surface area contributed by atoms with Crippen LogP contribution < -0.4 is 0 Å². The molecule has 1 aromatic heterocycles. The van der Waals surface area contributed by atoms with E-state index in [0.717, 1.165) is 28.4 Å². The quantitative estimate of drug-likeness (QED) is 0.691. The van der Waals surface area contributed by atoms with Crippen LogP contribution in [0.2, 0.25) is 0 Å². The highest BCUT2D eigenvalue weighted by molar-refractivity contribution is 7.85. The van der Waals surface area contributed by atoms with Crippen molar-refractivity contribution < 1.29 is 12.6 Å². The molecule has 0 aliphatic rings. The molecule has 0 aliphatic heterocycles. The van der Waals surface area contributed by atoms with Gasteiger partial charge in [-0.1, -0.05) is 30.3 Å². The monoisotopic (exact) mass is 326 g/mol. The second-order valence-corrected chi connectivity index (χ2v) is 6.81. The van der Waals surface area contributed by atoms with E-state index in [1.165, 1.54) is 0 Å². The Balaban J connectivity index is 1.98. The number of para-hydroxylation sites is 1. The fraction of sp³-hybridized carbons (Fsp3) is 0.118. The van der Waals surface area contributed by atoms with Crippen LogP contribution in [0.15, 0.2) is 54.6 Å². The van der Waals surface area contributed by atoms with Crippen molar-refractivity contribution >= 4 is 21.0 Å². The molecule has 0 saturated heterocycles. The van der Waals surface area contributed by atoms with E-state index in [1.54, 1.807) is 12.1 Å². The molecule has 0 amide bonds. The third kappa shape index (κ3) is 3.26. The normalized spacial score (nSPS) is 11.5. The van der Waals surface area contributed by atoms with Gasteiger partial charge in [-0.25, -0.2) is 0 Å². The molecule has 23 heavy (non-hydrogen) atoms. The molecule has 116 valence electrons. The molecule has 0 spiro atoms. The van der Waals surface area contributed by atoms with Crippen LogP contribution in [-0.2, 0) is 20.9 Å². The summed E-state index contributed by atoms with van der Waals surface area (Å²) in [5.41, 5.74) is 3.08. The number of nitrogens with zero attached hydrogens (tertiary/aromatic N) is 2. The first-order valence-corrected chi connectivity index (χ1v) is 8.74. The minimum Gasteiger partial charge on any atom is -0.301 e. The van der Waals surface area contributed by atoms with Crippen LogP contribution in [0.5, 0.6) is 0 Å². The minimum absolute atomic E-state index is 0.00333. The molecular formula is C17H14N2O3S. The molecule has 2 aromatic carbocycles. The van der Waals surface area contributed by atoms with Crippen molar-refractivity contribution in [1.82, 2.24) is 4.57 Å². The molecular weight excluding hydrogens is 312 g/mol. The molecule has 6 heteroatoms. The van der Waals surface area contributed by atoms with E-state index >= 15 is 0 Å². The van der Waals surface area contributed by atoms with E-state index in [0.29, 0.717) is 5.69 Å². The van der Waals surface area contributed by atoms with Gasteiger partial charge >= 0.3 is 0 Å². The van der Waals surface area contributed by atoms with Crippen LogP contribution >= 0.6 is 0 Å². The number of hydrogen-bond acceptors (Lipinski definition) is 4. The van der Waals surface area contributed by atoms with Gasteiger partial charge in [-0.2, -0.15) is 13.7 Å². The summed E-state index contributed by atoms with van der Waals surface area (Å²) < 4.78 is 28.7. The Morgan fingerprint density at radius 3 is 2.48 bits per heavy atom. The Morgan fingerprint density at radius 2 is 1.83 bits per heavy atom. The van der Waals surface area contributed by atoms with Crippen LogP contribution in [0.4, 0.5) is 0 Å². The zero-order valence-corrected chi connectivity index (χ0v) is 13.2. The molecule has 0 unspecified atom stereocenters. The fourth-order valence-corrected chi connectivity index (χ4v) is 2.78. The SMILES string of the molecule is CS(=O)(=O)OCc1ccc(-n2c(C#N)cc3ccccc32)cc1. The van der Waals surface area contributed by atoms with E-state index in [2.05, 4.69) is 6.07 Å². The summed E-state index contributed by atoms with van der Waals surface area (Å²) >= 11 is 0. The Bertz CT molecular complexity index is 996. The number of hydrogen-bond donors (Lipinski definition) is 0. The van der Waals surface area contributed by atoms with E-state index < -0.39 is 10.1 Å². The second kappa shape index (κ2) is 5.88. The van der Waals surface area contributed by atoms with Crippen molar-refractivity contribution in [2.24, 2.45) is 0 Å². The van der Waals surface area contributed by atoms with Crippen LogP contribution in [0.25, 0.3) is 16.6 Å². The highest BCUT2D eigenvalue weighted by Gasteiger charge is 2.10. The molecule has 0 saturated carbocycles. The summed E-state index contributed by atoms with van der Waals surface area (Å²) in [6.45, 7) is -0.00333. The third-order valence-electron chi connectivity index (χ3n) is 3.46. The van der Waals surface area contributed by atoms with Crippen LogP contribution in [-0.4, -0.2) is 19.2 Å². The molecule has 0 N–H and O–H groups in total. The van der Waals surface area contributed by atoms with Crippen molar-refractivity contribution in [3.8, 4) is 11.8 Å². The van der Waals surface area contributed by atoms with Gasteiger partial charge in [-0.3, -0.25) is 4.18 Å². The third-order valence-corrected chi connectivity index (χ3v) is 4.01. The van der Waals surface area contributed by atoms with Gasteiger partial charge in [0.2, 0.25) is 0 Å². The average molecular weight is 326 g/mol. The molecule has 0 bridgehead atoms. The number of benzene rings is 2. The molecule has 1 heterocycles. The summed E-state index contributed by atoms with van der Waals surface area (Å²) in [5.74, 6) is 0. The van der Waals surface area contributed by atoms with Crippen molar-refractivity contribution in [1.29, 1.82) is 5.26 Å². The predicted molar refractivity (Wildman–Crippen MR) is 87.6 cm³/mol. The Morgan fingerprint density at radius 1 is 1.13 bits per heavy atom. The number of rotatable bonds is 4. The Labute approximate surface area is 134 Å². The number of aromatic nitrogens is 1. The van der Waals surface area contributed by atoms with Gasteiger partial charge in [0, 0.05) is 11.1 Å². The van der Waals surface area contributed by atoms with E-state index in [1.807, 2.05) is 47.0 Å². The molecule has 3 rings (SSSR count). The number of fused-ring (bicyclic) bond motifs is 1. The largest absolute Gasteiger partial charge is 0.301 e. The van der Waals surface area contributed by atoms with Crippen LogP contribution in [0, 0.1) is 11.3 Å². The Hall–Kier alpha value is -2.62. The lowest BCUT2D eigenvalue weighted by atomic mass is 10.2. The standard InChI is InChI=1S/C17H14N2O3S/c1-23(20,21)22-12-13-6-8-15(9-7-13)19-16(11-18)10-14-4-2-3-5-17(14)19/h2-10H,12H2,1H3. The first kappa shape index (κ1) is 15.3. The van der Waals surface area contributed by atoms with Crippen molar-refractivity contribution in [2.45, 2.75) is 6.61 Å². The maximum atomic E-state index is 11.0. The highest BCUT2D eigenvalue weighted by atomic mass is 32.2. The van der Waals surface area contributed by atoms with E-state index in [-0.39, 0.29) is 6.61 Å². The molecule has 0 radical (unpaired) electrons. The first-order valence-electron chi connectivity index (χ1n) is 6.92. The zero-order chi connectivity index (χ0) is 16.4. The van der Waals surface area contributed by atoms with Gasteiger partial charge in [-0.05, 0) is 29.8 Å². The van der Waals surface area contributed by atoms with Gasteiger partial charge in [0.25, 0.3) is 10.1 Å². The summed E-state index contributed by atoms with van der Waals surface area (Å²) in [5, 5.41) is 10.3. The minimum atomic E-state index is -3.46. The highest BCUT2D eigenvalue weighted by Crippen LogP contribution is 2.24. The first-order chi connectivity index (χ1) is 11.0. The summed E-state index contributed by atoms with van der Waals surface area (Å²) in [6.07, 6.45) is 1.02. The molecule has 0 atom stereocenters. The zero-order valence-electron chi connectivity index (χ0n) is 12.4. The maximum Gasteiger partial charge on any atom is 0.264 e. The lowest BCUT2D eigenvalue weighted by Crippen LogP contribution is -2.03. The van der Waals surface area contributed by atoms with Crippen LogP contribution in [0.3, 0.4) is 0 Å². The smallest absolute Gasteiger partial charge is 0.264 e. The van der Waals surface area contributed by atoms with Gasteiger partial charge < -0.3 is 4.57 Å². The topological polar surface area (TPSA) is 72.1 Å². The van der Waals surface area contributed by atoms with E-state index in [9.17, 15) is 13.7 Å². The second-order valence-electron chi connectivity index (χ2n) is 5.17. The summed E-state index contributed by atoms with van der Waals surface area (Å²) in [4.78, 5) is 0. The number of nitriles is 1. The molecule has 3 aromatic rings. The lowest BCUT2D eigenvalue weighted by molar-refractivity contribution is 0.311. The van der Waals surface area contributed by atoms with Gasteiger partial charge in [0.1, 0.15) is 11.8 Å². The van der Waals surface area contributed by atoms with Crippen LogP contribution in [0.1, 0.15) is 11.3 Å². The molecule has 0 aliphatic carbocycles.